The Labute approximate surface area is 89.1 Å². The van der Waals surface area contributed by atoms with Crippen LogP contribution in [0, 0.1) is 0 Å². The van der Waals surface area contributed by atoms with Crippen molar-refractivity contribution in [2.24, 2.45) is 0 Å². The van der Waals surface area contributed by atoms with E-state index in [9.17, 15) is 14.7 Å². The van der Waals surface area contributed by atoms with Gasteiger partial charge < -0.3 is 15.2 Å². The number of hydrogen-bond donors (Lipinski definition) is 2. The smallest absolute Gasteiger partial charge is 0.338 e. The van der Waals surface area contributed by atoms with Crippen molar-refractivity contribution in [3.05, 3.63) is 12.2 Å². The zero-order valence-corrected chi connectivity index (χ0v) is 9.19. The Kier molecular flexibility index (Phi) is 6.37. The lowest BCUT2D eigenvalue weighted by atomic mass is 10.2. The summed E-state index contributed by atoms with van der Waals surface area (Å²) >= 11 is 0. The number of nitrogens with one attached hydrogen (secondary N) is 1. The van der Waals surface area contributed by atoms with Crippen molar-refractivity contribution in [2.45, 2.75) is 32.9 Å². The van der Waals surface area contributed by atoms with Gasteiger partial charge in [0.25, 0.3) is 0 Å². The molecule has 5 heteroatoms. The molecule has 0 saturated carbocycles. The first kappa shape index (κ1) is 13.6. The molecule has 0 spiro atoms. The summed E-state index contributed by atoms with van der Waals surface area (Å²) in [6, 6.07) is -0.230. The minimum atomic E-state index is -1.28. The van der Waals surface area contributed by atoms with E-state index in [0.29, 0.717) is 0 Å². The van der Waals surface area contributed by atoms with Crippen LogP contribution in [0.15, 0.2) is 12.2 Å². The highest BCUT2D eigenvalue weighted by molar-refractivity contribution is 5.76. The van der Waals surface area contributed by atoms with Gasteiger partial charge >= 0.3 is 5.97 Å². The molecule has 0 aromatic carbocycles. The van der Waals surface area contributed by atoms with Gasteiger partial charge in [-0.15, -0.1) is 0 Å². The maximum absolute atomic E-state index is 11.0. The number of carbonyl (C=O) groups excluding carboxylic acids is 2. The predicted molar refractivity (Wildman–Crippen MR) is 55.1 cm³/mol. The van der Waals surface area contributed by atoms with Crippen molar-refractivity contribution in [3.8, 4) is 0 Å². The van der Waals surface area contributed by atoms with Crippen molar-refractivity contribution < 1.29 is 19.4 Å². The average Bonchev–Trinajstić information content (AvgIpc) is 2.13. The van der Waals surface area contributed by atoms with Gasteiger partial charge in [0.1, 0.15) is 0 Å². The molecule has 0 aliphatic carbocycles. The fourth-order valence-electron chi connectivity index (χ4n) is 0.947. The number of esters is 1. The second kappa shape index (κ2) is 7.00. The Morgan fingerprint density at radius 2 is 2.07 bits per heavy atom. The van der Waals surface area contributed by atoms with E-state index in [1.165, 1.54) is 19.1 Å². The van der Waals surface area contributed by atoms with E-state index in [1.54, 1.807) is 13.8 Å². The Morgan fingerprint density at radius 3 is 2.53 bits per heavy atom. The number of amides is 1. The Hall–Kier alpha value is -1.36. The largest absolute Gasteiger partial charge is 0.464 e. The monoisotopic (exact) mass is 215 g/mol. The zero-order chi connectivity index (χ0) is 11.8. The van der Waals surface area contributed by atoms with Gasteiger partial charge in [-0.05, 0) is 19.9 Å². The van der Waals surface area contributed by atoms with Crippen LogP contribution < -0.4 is 5.32 Å². The van der Waals surface area contributed by atoms with E-state index in [1.807, 2.05) is 0 Å². The van der Waals surface area contributed by atoms with E-state index in [2.05, 4.69) is 10.1 Å². The van der Waals surface area contributed by atoms with Gasteiger partial charge in [0.15, 0.2) is 6.10 Å². The summed E-state index contributed by atoms with van der Waals surface area (Å²) in [4.78, 5) is 21.6. The van der Waals surface area contributed by atoms with E-state index < -0.39 is 12.1 Å². The number of carbonyl (C=O) groups is 2. The molecule has 2 N–H and O–H groups in total. The fourth-order valence-corrected chi connectivity index (χ4v) is 0.947. The fraction of sp³-hybridized carbons (Fsp3) is 0.600. The summed E-state index contributed by atoms with van der Waals surface area (Å²) in [5, 5.41) is 11.8. The summed E-state index contributed by atoms with van der Waals surface area (Å²) in [6.07, 6.45) is 1.54. The molecular formula is C10H17NO4. The Morgan fingerprint density at radius 1 is 1.47 bits per heavy atom. The molecule has 86 valence electrons. The Bertz CT molecular complexity index is 250. The van der Waals surface area contributed by atoms with Crippen LogP contribution >= 0.6 is 0 Å². The molecule has 2 unspecified atom stereocenters. The van der Waals surface area contributed by atoms with Gasteiger partial charge in [-0.2, -0.15) is 0 Å². The topological polar surface area (TPSA) is 75.6 Å². The van der Waals surface area contributed by atoms with Crippen LogP contribution in [-0.4, -0.2) is 35.7 Å². The third-order valence-corrected chi connectivity index (χ3v) is 1.54. The first-order valence-corrected chi connectivity index (χ1v) is 4.77. The molecule has 0 aliphatic heterocycles. The van der Waals surface area contributed by atoms with E-state index >= 15 is 0 Å². The van der Waals surface area contributed by atoms with E-state index in [4.69, 9.17) is 0 Å². The lowest BCUT2D eigenvalue weighted by Gasteiger charge is -2.08. The second-order valence-electron chi connectivity index (χ2n) is 3.07. The van der Waals surface area contributed by atoms with Crippen molar-refractivity contribution in [3.63, 3.8) is 0 Å². The van der Waals surface area contributed by atoms with Crippen LogP contribution in [0.25, 0.3) is 0 Å². The zero-order valence-electron chi connectivity index (χ0n) is 9.19. The minimum Gasteiger partial charge on any atom is -0.464 e. The van der Waals surface area contributed by atoms with Crippen molar-refractivity contribution in [2.75, 3.05) is 6.61 Å². The van der Waals surface area contributed by atoms with Crippen LogP contribution in [0.3, 0.4) is 0 Å². The number of aliphatic hydroxyl groups is 1. The van der Waals surface area contributed by atoms with E-state index in [-0.39, 0.29) is 18.6 Å². The molecule has 2 atom stereocenters. The maximum Gasteiger partial charge on any atom is 0.338 e. The quantitative estimate of drug-likeness (QED) is 0.499. The van der Waals surface area contributed by atoms with E-state index in [0.717, 1.165) is 0 Å². The molecule has 0 aliphatic rings. The third kappa shape index (κ3) is 6.68. The maximum atomic E-state index is 11.0. The first-order valence-electron chi connectivity index (χ1n) is 4.77. The molecule has 0 bridgehead atoms. The van der Waals surface area contributed by atoms with Crippen LogP contribution in [0.4, 0.5) is 0 Å². The standard InChI is InChI=1S/C10H17NO4/c1-4-15-10(14)9(13)6-5-7(2)11-8(3)12/h5-7,9,13H,4H2,1-3H3,(H,11,12)/b6-5+. The highest BCUT2D eigenvalue weighted by Crippen LogP contribution is 1.93. The average molecular weight is 215 g/mol. The first-order chi connectivity index (χ1) is 6.97. The van der Waals surface area contributed by atoms with Gasteiger partial charge in [-0.3, -0.25) is 4.79 Å². The number of aliphatic hydroxyl groups excluding tert-OH is 1. The molecule has 15 heavy (non-hydrogen) atoms. The highest BCUT2D eigenvalue weighted by atomic mass is 16.5. The second-order valence-corrected chi connectivity index (χ2v) is 3.07. The Balaban J connectivity index is 4.03. The van der Waals surface area contributed by atoms with Gasteiger partial charge in [0.2, 0.25) is 5.91 Å². The minimum absolute atomic E-state index is 0.169. The lowest BCUT2D eigenvalue weighted by molar-refractivity contribution is -0.150. The molecule has 5 nitrogen and oxygen atoms in total. The highest BCUT2D eigenvalue weighted by Gasteiger charge is 2.12. The summed E-state index contributed by atoms with van der Waals surface area (Å²) in [5.74, 6) is -0.860. The molecule has 0 heterocycles. The molecule has 0 aromatic heterocycles. The summed E-state index contributed by atoms with van der Waals surface area (Å²) in [6.45, 7) is 5.02. The summed E-state index contributed by atoms with van der Waals surface area (Å²) in [5.41, 5.74) is 0. The number of ether oxygens (including phenoxy) is 1. The molecule has 0 saturated heterocycles. The third-order valence-electron chi connectivity index (χ3n) is 1.54. The lowest BCUT2D eigenvalue weighted by Crippen LogP contribution is -2.29. The number of rotatable bonds is 5. The number of hydrogen-bond acceptors (Lipinski definition) is 4. The van der Waals surface area contributed by atoms with Gasteiger partial charge in [0, 0.05) is 13.0 Å². The molecule has 1 amide bonds. The van der Waals surface area contributed by atoms with Crippen molar-refractivity contribution >= 4 is 11.9 Å². The summed E-state index contributed by atoms with van der Waals surface area (Å²) in [7, 11) is 0. The SMILES string of the molecule is CCOC(=O)C(O)/C=C/C(C)NC(C)=O. The predicted octanol–water partition coefficient (Wildman–Crippen LogP) is -0.00880. The van der Waals surface area contributed by atoms with Gasteiger partial charge in [0.05, 0.1) is 6.61 Å². The van der Waals surface area contributed by atoms with Crippen molar-refractivity contribution in [1.82, 2.24) is 5.32 Å². The van der Waals surface area contributed by atoms with Gasteiger partial charge in [-0.1, -0.05) is 6.08 Å². The molecule has 0 rings (SSSR count). The molecule has 0 radical (unpaired) electrons. The molecular weight excluding hydrogens is 198 g/mol. The summed E-state index contributed by atoms with van der Waals surface area (Å²) < 4.78 is 4.59. The van der Waals surface area contributed by atoms with Crippen molar-refractivity contribution in [1.29, 1.82) is 0 Å². The molecule has 0 aromatic rings. The van der Waals surface area contributed by atoms with Crippen LogP contribution in [0.2, 0.25) is 0 Å². The van der Waals surface area contributed by atoms with Crippen LogP contribution in [-0.2, 0) is 14.3 Å². The van der Waals surface area contributed by atoms with Crippen LogP contribution in [0.1, 0.15) is 20.8 Å². The molecule has 0 fully saturated rings. The normalized spacial score (nSPS) is 14.7. The van der Waals surface area contributed by atoms with Gasteiger partial charge in [-0.25, -0.2) is 4.79 Å². The van der Waals surface area contributed by atoms with Crippen LogP contribution in [0.5, 0.6) is 0 Å².